The molecule has 0 bridgehead atoms. The standard InChI is InChI=1S/C25H28N2O4S/c1-19-11-13-21(14-12-19)32(29,30)26(15-16-31-2)17-20(28)18-27-24-9-5-3-7-22(24)23-8-4-6-10-25(23)27/h3-14,20,28H,15-18H2,1-2H3. The minimum absolute atomic E-state index is 0.0274. The van der Waals surface area contributed by atoms with Crippen molar-refractivity contribution < 1.29 is 18.3 Å². The molecule has 0 radical (unpaired) electrons. The van der Waals surface area contributed by atoms with Gasteiger partial charge in [0, 0.05) is 42.0 Å². The van der Waals surface area contributed by atoms with Crippen LogP contribution in [-0.2, 0) is 21.3 Å². The zero-order valence-corrected chi connectivity index (χ0v) is 19.1. The second kappa shape index (κ2) is 9.42. The van der Waals surface area contributed by atoms with E-state index in [4.69, 9.17) is 4.74 Å². The maximum Gasteiger partial charge on any atom is 0.243 e. The number of hydrogen-bond donors (Lipinski definition) is 1. The van der Waals surface area contributed by atoms with Gasteiger partial charge in [-0.2, -0.15) is 4.31 Å². The van der Waals surface area contributed by atoms with Crippen molar-refractivity contribution in [3.63, 3.8) is 0 Å². The number of aromatic nitrogens is 1. The molecule has 4 aromatic rings. The van der Waals surface area contributed by atoms with Crippen molar-refractivity contribution in [1.82, 2.24) is 8.87 Å². The second-order valence-corrected chi connectivity index (χ2v) is 9.91. The van der Waals surface area contributed by atoms with Gasteiger partial charge in [-0.1, -0.05) is 54.1 Å². The molecular weight excluding hydrogens is 424 g/mol. The lowest BCUT2D eigenvalue weighted by Gasteiger charge is -2.25. The van der Waals surface area contributed by atoms with E-state index in [1.165, 1.54) is 11.4 Å². The summed E-state index contributed by atoms with van der Waals surface area (Å²) in [5.41, 5.74) is 3.01. The molecule has 0 fully saturated rings. The summed E-state index contributed by atoms with van der Waals surface area (Å²) in [7, 11) is -2.23. The molecule has 32 heavy (non-hydrogen) atoms. The maximum absolute atomic E-state index is 13.3. The van der Waals surface area contributed by atoms with Crippen molar-refractivity contribution in [3.05, 3.63) is 78.4 Å². The number of aliphatic hydroxyl groups is 1. The molecular formula is C25H28N2O4S. The fourth-order valence-corrected chi connectivity index (χ4v) is 5.53. The number of ether oxygens (including phenoxy) is 1. The Kier molecular flexibility index (Phi) is 6.62. The van der Waals surface area contributed by atoms with E-state index in [1.54, 1.807) is 24.3 Å². The molecule has 168 valence electrons. The van der Waals surface area contributed by atoms with E-state index in [2.05, 4.69) is 16.7 Å². The van der Waals surface area contributed by atoms with Crippen LogP contribution in [0.4, 0.5) is 0 Å². The fraction of sp³-hybridized carbons (Fsp3) is 0.280. The van der Waals surface area contributed by atoms with Crippen LogP contribution < -0.4 is 0 Å². The average Bonchev–Trinajstić information content (AvgIpc) is 3.10. The quantitative estimate of drug-likeness (QED) is 0.419. The topological polar surface area (TPSA) is 71.8 Å². The van der Waals surface area contributed by atoms with Gasteiger partial charge in [-0.05, 0) is 31.2 Å². The lowest BCUT2D eigenvalue weighted by molar-refractivity contribution is 0.115. The molecule has 3 aromatic carbocycles. The normalized spacial score (nSPS) is 13.2. The molecule has 6 nitrogen and oxygen atoms in total. The molecule has 0 saturated carbocycles. The molecule has 0 aliphatic heterocycles. The third-order valence-corrected chi connectivity index (χ3v) is 7.57. The zero-order valence-electron chi connectivity index (χ0n) is 18.3. The minimum atomic E-state index is -3.76. The first-order valence-corrected chi connectivity index (χ1v) is 12.1. The summed E-state index contributed by atoms with van der Waals surface area (Å²) in [5.74, 6) is 0. The second-order valence-electron chi connectivity index (χ2n) is 7.97. The van der Waals surface area contributed by atoms with Crippen LogP contribution in [0.3, 0.4) is 0 Å². The highest BCUT2D eigenvalue weighted by atomic mass is 32.2. The number of aryl methyl sites for hydroxylation is 1. The number of nitrogens with zero attached hydrogens (tertiary/aromatic N) is 2. The summed E-state index contributed by atoms with van der Waals surface area (Å²) in [6.07, 6.45) is -0.897. The van der Waals surface area contributed by atoms with Crippen LogP contribution in [0.5, 0.6) is 0 Å². The molecule has 1 N–H and O–H groups in total. The molecule has 0 aliphatic carbocycles. The Morgan fingerprint density at radius 3 is 2.06 bits per heavy atom. The molecule has 1 aromatic heterocycles. The summed E-state index contributed by atoms with van der Waals surface area (Å²) in [5, 5.41) is 13.2. The van der Waals surface area contributed by atoms with E-state index >= 15 is 0 Å². The van der Waals surface area contributed by atoms with Gasteiger partial charge in [-0.3, -0.25) is 0 Å². The van der Waals surface area contributed by atoms with Crippen LogP contribution in [0.15, 0.2) is 77.7 Å². The van der Waals surface area contributed by atoms with Gasteiger partial charge in [0.2, 0.25) is 10.0 Å². The maximum atomic E-state index is 13.3. The van der Waals surface area contributed by atoms with E-state index < -0.39 is 16.1 Å². The van der Waals surface area contributed by atoms with Gasteiger partial charge in [-0.25, -0.2) is 8.42 Å². The summed E-state index contributed by atoms with van der Waals surface area (Å²) < 4.78 is 35.0. The number of aliphatic hydroxyl groups excluding tert-OH is 1. The average molecular weight is 453 g/mol. The smallest absolute Gasteiger partial charge is 0.243 e. The molecule has 1 unspecified atom stereocenters. The van der Waals surface area contributed by atoms with Gasteiger partial charge in [0.1, 0.15) is 0 Å². The largest absolute Gasteiger partial charge is 0.390 e. The van der Waals surface area contributed by atoms with Crippen molar-refractivity contribution in [1.29, 1.82) is 0 Å². The zero-order chi connectivity index (χ0) is 22.7. The van der Waals surface area contributed by atoms with E-state index in [0.29, 0.717) is 0 Å². The Bertz CT molecular complexity index is 1260. The Hall–Kier alpha value is -2.71. The molecule has 0 aliphatic rings. The van der Waals surface area contributed by atoms with Crippen LogP contribution in [0.2, 0.25) is 0 Å². The predicted molar refractivity (Wildman–Crippen MR) is 127 cm³/mol. The molecule has 0 amide bonds. The number of methoxy groups -OCH3 is 1. The summed E-state index contributed by atoms with van der Waals surface area (Å²) in [6.45, 7) is 2.57. The van der Waals surface area contributed by atoms with Crippen LogP contribution in [0.25, 0.3) is 21.8 Å². The predicted octanol–water partition coefficient (Wildman–Crippen LogP) is 3.80. The Balaban J connectivity index is 1.63. The number of fused-ring (bicyclic) bond motifs is 3. The summed E-state index contributed by atoms with van der Waals surface area (Å²) in [4.78, 5) is 0.211. The van der Waals surface area contributed by atoms with E-state index in [0.717, 1.165) is 27.4 Å². The van der Waals surface area contributed by atoms with Gasteiger partial charge in [0.05, 0.1) is 24.2 Å². The van der Waals surface area contributed by atoms with Gasteiger partial charge >= 0.3 is 0 Å². The SMILES string of the molecule is COCCN(CC(O)Cn1c2ccccc2c2ccccc21)S(=O)(=O)c1ccc(C)cc1. The van der Waals surface area contributed by atoms with Gasteiger partial charge < -0.3 is 14.4 Å². The molecule has 1 heterocycles. The van der Waals surface area contributed by atoms with Crippen molar-refractivity contribution in [2.75, 3.05) is 26.8 Å². The minimum Gasteiger partial charge on any atom is -0.390 e. The van der Waals surface area contributed by atoms with Crippen molar-refractivity contribution >= 4 is 31.8 Å². The van der Waals surface area contributed by atoms with E-state index in [9.17, 15) is 13.5 Å². The van der Waals surface area contributed by atoms with Crippen molar-refractivity contribution in [3.8, 4) is 0 Å². The molecule has 0 spiro atoms. The summed E-state index contributed by atoms with van der Waals surface area (Å²) in [6, 6.07) is 22.8. The first kappa shape index (κ1) is 22.5. The third-order valence-electron chi connectivity index (χ3n) is 5.69. The lowest BCUT2D eigenvalue weighted by Crippen LogP contribution is -2.40. The van der Waals surface area contributed by atoms with Crippen molar-refractivity contribution in [2.45, 2.75) is 24.5 Å². The Morgan fingerprint density at radius 1 is 0.938 bits per heavy atom. The van der Waals surface area contributed by atoms with Crippen LogP contribution >= 0.6 is 0 Å². The highest BCUT2D eigenvalue weighted by Gasteiger charge is 2.27. The van der Waals surface area contributed by atoms with Gasteiger partial charge in [0.15, 0.2) is 0 Å². The highest BCUT2D eigenvalue weighted by molar-refractivity contribution is 7.89. The molecule has 1 atom stereocenters. The monoisotopic (exact) mass is 452 g/mol. The first-order valence-electron chi connectivity index (χ1n) is 10.6. The number of para-hydroxylation sites is 2. The fourth-order valence-electron chi connectivity index (χ4n) is 4.07. The highest BCUT2D eigenvalue weighted by Crippen LogP contribution is 2.29. The van der Waals surface area contributed by atoms with Crippen molar-refractivity contribution in [2.24, 2.45) is 0 Å². The van der Waals surface area contributed by atoms with E-state index in [1.807, 2.05) is 43.3 Å². The van der Waals surface area contributed by atoms with Gasteiger partial charge in [-0.15, -0.1) is 0 Å². The number of benzene rings is 3. The van der Waals surface area contributed by atoms with Crippen LogP contribution in [0.1, 0.15) is 5.56 Å². The van der Waals surface area contributed by atoms with Gasteiger partial charge in [0.25, 0.3) is 0 Å². The third kappa shape index (κ3) is 4.42. The Labute approximate surface area is 188 Å². The molecule has 0 saturated heterocycles. The lowest BCUT2D eigenvalue weighted by atomic mass is 10.2. The Morgan fingerprint density at radius 2 is 1.50 bits per heavy atom. The summed E-state index contributed by atoms with van der Waals surface area (Å²) >= 11 is 0. The van der Waals surface area contributed by atoms with E-state index in [-0.39, 0.29) is 31.1 Å². The first-order chi connectivity index (χ1) is 15.4. The number of hydrogen-bond acceptors (Lipinski definition) is 4. The van der Waals surface area contributed by atoms with Crippen LogP contribution in [0, 0.1) is 6.92 Å². The number of rotatable bonds is 9. The van der Waals surface area contributed by atoms with Crippen LogP contribution in [-0.4, -0.2) is 55.3 Å². The molecule has 7 heteroatoms. The number of sulfonamides is 1. The molecule has 4 rings (SSSR count).